The van der Waals surface area contributed by atoms with Crippen molar-refractivity contribution in [1.29, 1.82) is 0 Å². The first-order valence-electron chi connectivity index (χ1n) is 16.2. The molecule has 0 aliphatic heterocycles. The van der Waals surface area contributed by atoms with Crippen molar-refractivity contribution in [2.24, 2.45) is 0 Å². The Bertz CT molecular complexity index is 1850. The van der Waals surface area contributed by atoms with Crippen molar-refractivity contribution in [1.82, 2.24) is 0 Å². The van der Waals surface area contributed by atoms with Crippen molar-refractivity contribution in [2.75, 3.05) is 18.6 Å². The van der Waals surface area contributed by atoms with E-state index in [0.29, 0.717) is 31.4 Å². The fraction of sp³-hybridized carbons (Fsp3) is 0.163. The molecule has 0 N–H and O–H groups in total. The van der Waals surface area contributed by atoms with Crippen molar-refractivity contribution in [2.45, 2.75) is 33.1 Å². The maximum atomic E-state index is 12.7. The SMILES string of the molecule is COc1ccc(/C=C/c2ccc(N(c3ccc(C)cc3)c3ccc(/C=C/c4cccc(C(=O)CCCCOC(C)=O)c4)cc3)cc2)cc1. The van der Waals surface area contributed by atoms with Gasteiger partial charge in [0.1, 0.15) is 5.75 Å². The molecule has 0 saturated carbocycles. The molecule has 0 amide bonds. The average molecular weight is 636 g/mol. The number of unbranched alkanes of at least 4 members (excludes halogenated alkanes) is 1. The fourth-order valence-electron chi connectivity index (χ4n) is 5.27. The van der Waals surface area contributed by atoms with Crippen LogP contribution in [0.1, 0.15) is 64.4 Å². The van der Waals surface area contributed by atoms with E-state index in [-0.39, 0.29) is 11.8 Å². The quantitative estimate of drug-likeness (QED) is 0.0526. The molecule has 0 fully saturated rings. The van der Waals surface area contributed by atoms with Gasteiger partial charge in [-0.05, 0) is 96.6 Å². The van der Waals surface area contributed by atoms with E-state index in [1.54, 1.807) is 7.11 Å². The molecule has 0 radical (unpaired) electrons. The normalized spacial score (nSPS) is 11.1. The molecular weight excluding hydrogens is 594 g/mol. The van der Waals surface area contributed by atoms with Crippen molar-refractivity contribution in [3.63, 3.8) is 0 Å². The maximum absolute atomic E-state index is 12.7. The summed E-state index contributed by atoms with van der Waals surface area (Å²) >= 11 is 0. The molecule has 0 unspecified atom stereocenters. The number of rotatable bonds is 14. The smallest absolute Gasteiger partial charge is 0.302 e. The number of methoxy groups -OCH3 is 1. The van der Waals surface area contributed by atoms with Crippen LogP contribution in [0.4, 0.5) is 17.1 Å². The highest BCUT2D eigenvalue weighted by molar-refractivity contribution is 5.96. The third kappa shape index (κ3) is 9.66. The Morgan fingerprint density at radius 2 is 1.12 bits per heavy atom. The monoisotopic (exact) mass is 635 g/mol. The van der Waals surface area contributed by atoms with Crippen molar-refractivity contribution < 1.29 is 19.1 Å². The molecule has 0 spiro atoms. The van der Waals surface area contributed by atoms with E-state index in [9.17, 15) is 9.59 Å². The number of esters is 1. The number of hydrogen-bond donors (Lipinski definition) is 0. The first-order valence-corrected chi connectivity index (χ1v) is 16.2. The molecular formula is C43H41NO4. The molecule has 0 heterocycles. The molecule has 0 atom stereocenters. The van der Waals surface area contributed by atoms with Gasteiger partial charge in [-0.1, -0.05) is 96.6 Å². The van der Waals surface area contributed by atoms with Gasteiger partial charge in [0.25, 0.3) is 0 Å². The lowest BCUT2D eigenvalue weighted by atomic mass is 10.0. The van der Waals surface area contributed by atoms with Crippen molar-refractivity contribution >= 4 is 53.1 Å². The summed E-state index contributed by atoms with van der Waals surface area (Å²) in [4.78, 5) is 25.9. The Labute approximate surface area is 283 Å². The van der Waals surface area contributed by atoms with Gasteiger partial charge in [0.15, 0.2) is 5.78 Å². The summed E-state index contributed by atoms with van der Waals surface area (Å²) in [5.74, 6) is 0.645. The summed E-state index contributed by atoms with van der Waals surface area (Å²) in [6, 6.07) is 41.3. The fourth-order valence-corrected chi connectivity index (χ4v) is 5.27. The largest absolute Gasteiger partial charge is 0.497 e. The molecule has 48 heavy (non-hydrogen) atoms. The zero-order valence-corrected chi connectivity index (χ0v) is 27.8. The third-order valence-corrected chi connectivity index (χ3v) is 7.96. The highest BCUT2D eigenvalue weighted by atomic mass is 16.5. The van der Waals surface area contributed by atoms with E-state index in [2.05, 4.69) is 103 Å². The van der Waals surface area contributed by atoms with Crippen LogP contribution < -0.4 is 9.64 Å². The van der Waals surface area contributed by atoms with Gasteiger partial charge >= 0.3 is 5.97 Å². The molecule has 5 aromatic carbocycles. The van der Waals surface area contributed by atoms with Crippen LogP contribution in [0.15, 0.2) is 121 Å². The van der Waals surface area contributed by atoms with E-state index in [4.69, 9.17) is 9.47 Å². The molecule has 0 saturated heterocycles. The second-order valence-electron chi connectivity index (χ2n) is 11.6. The van der Waals surface area contributed by atoms with Crippen LogP contribution in [0, 0.1) is 6.92 Å². The summed E-state index contributed by atoms with van der Waals surface area (Å²) in [5, 5.41) is 0. The topological polar surface area (TPSA) is 55.8 Å². The summed E-state index contributed by atoms with van der Waals surface area (Å²) in [5.41, 5.74) is 9.36. The minimum absolute atomic E-state index is 0.0925. The third-order valence-electron chi connectivity index (χ3n) is 7.96. The number of ether oxygens (including phenoxy) is 2. The summed E-state index contributed by atoms with van der Waals surface area (Å²) in [6.07, 6.45) is 10.1. The van der Waals surface area contributed by atoms with Crippen LogP contribution in [-0.4, -0.2) is 25.5 Å². The van der Waals surface area contributed by atoms with E-state index in [1.807, 2.05) is 54.6 Å². The number of Topliss-reactive ketones (excluding diaryl/α,β-unsaturated/α-hetero) is 1. The van der Waals surface area contributed by atoms with Gasteiger partial charge in [0.05, 0.1) is 13.7 Å². The Hall–Kier alpha value is -5.68. The van der Waals surface area contributed by atoms with Crippen LogP contribution >= 0.6 is 0 Å². The van der Waals surface area contributed by atoms with E-state index in [0.717, 1.165) is 45.1 Å². The molecule has 5 heteroatoms. The van der Waals surface area contributed by atoms with Gasteiger partial charge in [-0.15, -0.1) is 0 Å². The van der Waals surface area contributed by atoms with Crippen LogP contribution in [-0.2, 0) is 9.53 Å². The molecule has 0 aromatic heterocycles. The lowest BCUT2D eigenvalue weighted by molar-refractivity contribution is -0.141. The van der Waals surface area contributed by atoms with Crippen molar-refractivity contribution in [3.8, 4) is 5.75 Å². The molecule has 242 valence electrons. The van der Waals surface area contributed by atoms with Gasteiger partial charge < -0.3 is 14.4 Å². The number of anilines is 3. The molecule has 0 aliphatic carbocycles. The number of carbonyl (C=O) groups excluding carboxylic acids is 2. The first-order chi connectivity index (χ1) is 23.4. The Morgan fingerprint density at radius 1 is 0.625 bits per heavy atom. The number of aryl methyl sites for hydroxylation is 1. The predicted octanol–water partition coefficient (Wildman–Crippen LogP) is 10.7. The Balaban J connectivity index is 1.28. The van der Waals surface area contributed by atoms with Crippen LogP contribution in [0.3, 0.4) is 0 Å². The number of benzene rings is 5. The van der Waals surface area contributed by atoms with Crippen LogP contribution in [0.2, 0.25) is 0 Å². The summed E-state index contributed by atoms with van der Waals surface area (Å²) in [6.45, 7) is 3.84. The second kappa shape index (κ2) is 16.8. The number of ketones is 1. The van der Waals surface area contributed by atoms with Crippen LogP contribution in [0.25, 0.3) is 24.3 Å². The van der Waals surface area contributed by atoms with Gasteiger partial charge in [-0.3, -0.25) is 9.59 Å². The van der Waals surface area contributed by atoms with E-state index >= 15 is 0 Å². The molecule has 0 bridgehead atoms. The van der Waals surface area contributed by atoms with Gasteiger partial charge in [-0.2, -0.15) is 0 Å². The Morgan fingerprint density at radius 3 is 1.65 bits per heavy atom. The zero-order chi connectivity index (χ0) is 33.7. The maximum Gasteiger partial charge on any atom is 0.302 e. The summed E-state index contributed by atoms with van der Waals surface area (Å²) < 4.78 is 10.2. The average Bonchev–Trinajstić information content (AvgIpc) is 3.12. The highest BCUT2D eigenvalue weighted by Gasteiger charge is 2.12. The predicted molar refractivity (Wildman–Crippen MR) is 198 cm³/mol. The lowest BCUT2D eigenvalue weighted by Crippen LogP contribution is -2.09. The highest BCUT2D eigenvalue weighted by Crippen LogP contribution is 2.35. The number of hydrogen-bond acceptors (Lipinski definition) is 5. The summed E-state index contributed by atoms with van der Waals surface area (Å²) in [7, 11) is 1.67. The number of carbonyl (C=O) groups is 2. The first kappa shape index (κ1) is 33.7. The van der Waals surface area contributed by atoms with Crippen LogP contribution in [0.5, 0.6) is 5.75 Å². The minimum atomic E-state index is -0.292. The lowest BCUT2D eigenvalue weighted by Gasteiger charge is -2.26. The zero-order valence-electron chi connectivity index (χ0n) is 27.8. The molecule has 5 nitrogen and oxygen atoms in total. The van der Waals surface area contributed by atoms with Gasteiger partial charge in [-0.25, -0.2) is 0 Å². The van der Waals surface area contributed by atoms with Gasteiger partial charge in [0, 0.05) is 36.0 Å². The molecule has 0 aliphatic rings. The molecule has 5 rings (SSSR count). The second-order valence-corrected chi connectivity index (χ2v) is 11.6. The molecule has 5 aromatic rings. The Kier molecular flexibility index (Phi) is 11.8. The minimum Gasteiger partial charge on any atom is -0.497 e. The van der Waals surface area contributed by atoms with E-state index in [1.165, 1.54) is 12.5 Å². The number of nitrogens with zero attached hydrogens (tertiary/aromatic N) is 1. The van der Waals surface area contributed by atoms with E-state index < -0.39 is 0 Å². The van der Waals surface area contributed by atoms with Crippen molar-refractivity contribution in [3.05, 3.63) is 155 Å². The van der Waals surface area contributed by atoms with Gasteiger partial charge in [0.2, 0.25) is 0 Å². The standard InChI is InChI=1S/C43H41NO4/c1-32-10-22-39(23-11-32)44(40-24-16-34(17-25-40)12-13-36-20-28-42(47-3)29-21-36)41-26-18-35(19-27-41)14-15-37-7-6-8-38(31-37)43(46)9-4-5-30-48-33(2)45/h6-8,10-29,31H,4-5,9,30H2,1-3H3/b13-12+,15-14+.